The molecule has 0 aliphatic heterocycles. The first kappa shape index (κ1) is 19.6. The molecule has 1 fully saturated rings. The smallest absolute Gasteiger partial charge is 0.303 e. The number of rotatable bonds is 11. The maximum absolute atomic E-state index is 11.8. The average Bonchev–Trinajstić information content (AvgIpc) is 2.72. The van der Waals surface area contributed by atoms with Gasteiger partial charge in [-0.05, 0) is 43.9 Å². The highest BCUT2D eigenvalue weighted by Crippen LogP contribution is 2.38. The normalized spacial score (nSPS) is 27.0. The van der Waals surface area contributed by atoms with Crippen molar-refractivity contribution in [3.05, 3.63) is 0 Å². The lowest BCUT2D eigenvalue weighted by atomic mass is 9.85. The SMILES string of the molecule is O=C(O)CCCCC(=O)CCC1C(O)CC(O)C1CCC(=O)O. The van der Waals surface area contributed by atoms with Crippen LogP contribution in [-0.4, -0.2) is 50.4 Å². The molecule has 0 bridgehead atoms. The predicted octanol–water partition coefficient (Wildman–Crippen LogP) is 1.20. The van der Waals surface area contributed by atoms with Gasteiger partial charge in [-0.1, -0.05) is 0 Å². The van der Waals surface area contributed by atoms with Crippen molar-refractivity contribution in [3.63, 3.8) is 0 Å². The Bertz CT molecular complexity index is 421. The van der Waals surface area contributed by atoms with Crippen LogP contribution in [0.25, 0.3) is 0 Å². The molecule has 0 aromatic carbocycles. The monoisotopic (exact) mass is 330 g/mol. The van der Waals surface area contributed by atoms with Crippen LogP contribution < -0.4 is 0 Å². The molecule has 1 aliphatic rings. The molecule has 7 heteroatoms. The van der Waals surface area contributed by atoms with Gasteiger partial charge in [0.1, 0.15) is 5.78 Å². The molecule has 4 atom stereocenters. The quantitative estimate of drug-likeness (QED) is 0.418. The Morgan fingerprint density at radius 2 is 1.22 bits per heavy atom. The molecule has 4 N–H and O–H groups in total. The van der Waals surface area contributed by atoms with Crippen LogP contribution in [0.3, 0.4) is 0 Å². The van der Waals surface area contributed by atoms with Gasteiger partial charge in [-0.3, -0.25) is 14.4 Å². The zero-order valence-electron chi connectivity index (χ0n) is 13.2. The number of ketones is 1. The first-order valence-corrected chi connectivity index (χ1v) is 8.12. The Labute approximate surface area is 135 Å². The number of Topliss-reactive ketones (excluding diaryl/α,β-unsaturated/α-hetero) is 1. The number of carbonyl (C=O) groups excluding carboxylic acids is 1. The van der Waals surface area contributed by atoms with E-state index in [0.717, 1.165) is 0 Å². The van der Waals surface area contributed by atoms with Crippen molar-refractivity contribution in [2.45, 2.75) is 70.0 Å². The van der Waals surface area contributed by atoms with Crippen LogP contribution in [-0.2, 0) is 14.4 Å². The number of carbonyl (C=O) groups is 3. The van der Waals surface area contributed by atoms with Gasteiger partial charge in [-0.25, -0.2) is 0 Å². The van der Waals surface area contributed by atoms with Gasteiger partial charge < -0.3 is 20.4 Å². The summed E-state index contributed by atoms with van der Waals surface area (Å²) < 4.78 is 0. The topological polar surface area (TPSA) is 132 Å². The summed E-state index contributed by atoms with van der Waals surface area (Å²) in [4.78, 5) is 32.9. The van der Waals surface area contributed by atoms with Crippen LogP contribution >= 0.6 is 0 Å². The van der Waals surface area contributed by atoms with Crippen molar-refractivity contribution >= 4 is 17.7 Å². The Morgan fingerprint density at radius 1 is 0.739 bits per heavy atom. The second kappa shape index (κ2) is 9.62. The summed E-state index contributed by atoms with van der Waals surface area (Å²) in [5, 5.41) is 37.2. The predicted molar refractivity (Wildman–Crippen MR) is 80.8 cm³/mol. The van der Waals surface area contributed by atoms with Crippen LogP contribution in [0, 0.1) is 11.8 Å². The third-order valence-electron chi connectivity index (χ3n) is 4.57. The molecule has 0 radical (unpaired) electrons. The van der Waals surface area contributed by atoms with Crippen molar-refractivity contribution in [2.75, 3.05) is 0 Å². The molecule has 1 saturated carbocycles. The summed E-state index contributed by atoms with van der Waals surface area (Å²) in [6.45, 7) is 0. The molecule has 0 aromatic heterocycles. The van der Waals surface area contributed by atoms with Crippen LogP contribution in [0.1, 0.15) is 57.8 Å². The van der Waals surface area contributed by atoms with Crippen molar-refractivity contribution in [3.8, 4) is 0 Å². The van der Waals surface area contributed by atoms with Crippen molar-refractivity contribution < 1.29 is 34.8 Å². The second-order valence-electron chi connectivity index (χ2n) is 6.31. The minimum absolute atomic E-state index is 0.0148. The van der Waals surface area contributed by atoms with E-state index in [1.54, 1.807) is 0 Å². The number of unbranched alkanes of at least 4 members (excludes halogenated alkanes) is 1. The summed E-state index contributed by atoms with van der Waals surface area (Å²) in [6, 6.07) is 0. The van der Waals surface area contributed by atoms with E-state index in [0.29, 0.717) is 32.1 Å². The van der Waals surface area contributed by atoms with Gasteiger partial charge in [0.05, 0.1) is 12.2 Å². The molecule has 0 spiro atoms. The van der Waals surface area contributed by atoms with Gasteiger partial charge in [0.15, 0.2) is 0 Å². The van der Waals surface area contributed by atoms with E-state index in [1.165, 1.54) is 0 Å². The number of aliphatic carboxylic acids is 2. The van der Waals surface area contributed by atoms with Gasteiger partial charge in [0.25, 0.3) is 0 Å². The molecule has 1 rings (SSSR count). The Hall–Kier alpha value is -1.47. The highest BCUT2D eigenvalue weighted by atomic mass is 16.4. The molecule has 1 aliphatic carbocycles. The second-order valence-corrected chi connectivity index (χ2v) is 6.31. The molecule has 23 heavy (non-hydrogen) atoms. The lowest BCUT2D eigenvalue weighted by Gasteiger charge is -2.22. The Morgan fingerprint density at radius 3 is 1.74 bits per heavy atom. The molecule has 132 valence electrons. The van der Waals surface area contributed by atoms with Gasteiger partial charge in [0.2, 0.25) is 0 Å². The van der Waals surface area contributed by atoms with E-state index in [-0.39, 0.29) is 43.3 Å². The minimum atomic E-state index is -0.938. The van der Waals surface area contributed by atoms with Gasteiger partial charge in [0, 0.05) is 25.7 Å². The number of carboxylic acid groups (broad SMARTS) is 2. The van der Waals surface area contributed by atoms with Crippen molar-refractivity contribution in [2.24, 2.45) is 11.8 Å². The Balaban J connectivity index is 2.36. The third kappa shape index (κ3) is 7.09. The number of hydrogen-bond acceptors (Lipinski definition) is 5. The van der Waals surface area contributed by atoms with E-state index in [9.17, 15) is 24.6 Å². The fourth-order valence-electron chi connectivity index (χ4n) is 3.32. The summed E-state index contributed by atoms with van der Waals surface area (Å²) in [6.07, 6.45) is 1.10. The number of aliphatic hydroxyl groups is 2. The summed E-state index contributed by atoms with van der Waals surface area (Å²) in [5.74, 6) is -2.34. The molecule has 7 nitrogen and oxygen atoms in total. The molecular formula is C16H26O7. The van der Waals surface area contributed by atoms with E-state index >= 15 is 0 Å². The highest BCUT2D eigenvalue weighted by molar-refractivity contribution is 5.78. The van der Waals surface area contributed by atoms with Gasteiger partial charge >= 0.3 is 11.9 Å². The molecular weight excluding hydrogens is 304 g/mol. The largest absolute Gasteiger partial charge is 0.481 e. The maximum Gasteiger partial charge on any atom is 0.303 e. The summed E-state index contributed by atoms with van der Waals surface area (Å²) in [7, 11) is 0. The lowest BCUT2D eigenvalue weighted by molar-refractivity contribution is -0.138. The minimum Gasteiger partial charge on any atom is -0.481 e. The molecule has 0 amide bonds. The van der Waals surface area contributed by atoms with Crippen LogP contribution in [0.15, 0.2) is 0 Å². The lowest BCUT2D eigenvalue weighted by Crippen LogP contribution is -2.24. The average molecular weight is 330 g/mol. The van der Waals surface area contributed by atoms with Crippen molar-refractivity contribution in [1.82, 2.24) is 0 Å². The maximum atomic E-state index is 11.8. The fourth-order valence-corrected chi connectivity index (χ4v) is 3.32. The first-order chi connectivity index (χ1) is 10.8. The number of aliphatic hydroxyl groups excluding tert-OH is 2. The van der Waals surface area contributed by atoms with Crippen LogP contribution in [0.2, 0.25) is 0 Å². The summed E-state index contributed by atoms with van der Waals surface area (Å²) >= 11 is 0. The summed E-state index contributed by atoms with van der Waals surface area (Å²) in [5.41, 5.74) is 0. The van der Waals surface area contributed by atoms with Crippen LogP contribution in [0.4, 0.5) is 0 Å². The Kier molecular flexibility index (Phi) is 8.19. The van der Waals surface area contributed by atoms with Crippen LogP contribution in [0.5, 0.6) is 0 Å². The zero-order valence-corrected chi connectivity index (χ0v) is 13.2. The van der Waals surface area contributed by atoms with Crippen molar-refractivity contribution in [1.29, 1.82) is 0 Å². The van der Waals surface area contributed by atoms with E-state index < -0.39 is 24.1 Å². The molecule has 0 aromatic rings. The van der Waals surface area contributed by atoms with E-state index in [2.05, 4.69) is 0 Å². The third-order valence-corrected chi connectivity index (χ3v) is 4.57. The zero-order chi connectivity index (χ0) is 17.4. The van der Waals surface area contributed by atoms with E-state index in [4.69, 9.17) is 10.2 Å². The first-order valence-electron chi connectivity index (χ1n) is 8.12. The van der Waals surface area contributed by atoms with Gasteiger partial charge in [-0.15, -0.1) is 0 Å². The van der Waals surface area contributed by atoms with Gasteiger partial charge in [-0.2, -0.15) is 0 Å². The molecule has 4 unspecified atom stereocenters. The number of carboxylic acids is 2. The number of hydrogen-bond donors (Lipinski definition) is 4. The van der Waals surface area contributed by atoms with E-state index in [1.807, 2.05) is 0 Å². The molecule has 0 heterocycles. The highest BCUT2D eigenvalue weighted by Gasteiger charge is 2.41. The standard InChI is InChI=1S/C16H26O7/c17-10(3-1-2-4-15(20)21)5-6-11-12(7-8-16(22)23)14(19)9-13(11)18/h11-14,18-19H,1-9H2,(H,20,21)(H,22,23). The fraction of sp³-hybridized carbons (Fsp3) is 0.812. The molecule has 0 saturated heterocycles.